The average Bonchev–Trinajstić information content (AvgIpc) is 2.66. The first kappa shape index (κ1) is 33.0. The summed E-state index contributed by atoms with van der Waals surface area (Å²) in [7, 11) is 0. The molecule has 0 radical (unpaired) electrons. The molecule has 0 nitrogen and oxygen atoms in total. The van der Waals surface area contributed by atoms with Crippen LogP contribution in [-0.4, -0.2) is 0 Å². The van der Waals surface area contributed by atoms with Crippen LogP contribution in [0.5, 0.6) is 0 Å². The molecule has 0 heteroatoms. The van der Waals surface area contributed by atoms with Crippen LogP contribution in [0.1, 0.15) is 160 Å². The SMILES string of the molecule is CCC(C)CC(C)CC(C)CC(C)CC(C)CCCC(C)CCCC(C)CC(C)CC(C)C. The number of hydrogen-bond donors (Lipinski definition) is 0. The van der Waals surface area contributed by atoms with Crippen LogP contribution in [0.25, 0.3) is 0 Å². The molecule has 8 atom stereocenters. The van der Waals surface area contributed by atoms with E-state index in [2.05, 4.69) is 76.2 Å². The standard InChI is InChI=1S/C33H68/c1-12-26(4)20-31(9)23-33(11)24-32(10)22-29(7)18-14-16-27(5)15-13-17-28(6)21-30(8)19-25(2)3/h25-33H,12-24H2,1-11H3. The van der Waals surface area contributed by atoms with Crippen LogP contribution < -0.4 is 0 Å². The quantitative estimate of drug-likeness (QED) is 0.158. The Bertz CT molecular complexity index is 424. The predicted octanol–water partition coefficient (Wildman–Crippen LogP) is 11.8. The first-order valence-electron chi connectivity index (χ1n) is 15.4. The topological polar surface area (TPSA) is 0 Å². The van der Waals surface area contributed by atoms with Crippen molar-refractivity contribution in [2.45, 2.75) is 160 Å². The van der Waals surface area contributed by atoms with E-state index in [4.69, 9.17) is 0 Å². The third kappa shape index (κ3) is 19.9. The third-order valence-corrected chi connectivity index (χ3v) is 8.38. The van der Waals surface area contributed by atoms with E-state index in [1.165, 1.54) is 83.5 Å². The molecule has 0 aromatic rings. The summed E-state index contributed by atoms with van der Waals surface area (Å²) in [5, 5.41) is 0. The Morgan fingerprint density at radius 2 is 0.636 bits per heavy atom. The van der Waals surface area contributed by atoms with Gasteiger partial charge in [0, 0.05) is 0 Å². The van der Waals surface area contributed by atoms with Gasteiger partial charge in [-0.3, -0.25) is 0 Å². The summed E-state index contributed by atoms with van der Waals surface area (Å²) in [6.07, 6.45) is 18.5. The Kier molecular flexibility index (Phi) is 19.2. The van der Waals surface area contributed by atoms with Gasteiger partial charge >= 0.3 is 0 Å². The smallest absolute Gasteiger partial charge is 0.0438 e. The monoisotopic (exact) mass is 465 g/mol. The zero-order valence-electron chi connectivity index (χ0n) is 25.4. The van der Waals surface area contributed by atoms with Crippen molar-refractivity contribution in [3.63, 3.8) is 0 Å². The van der Waals surface area contributed by atoms with Gasteiger partial charge in [0.2, 0.25) is 0 Å². The second-order valence-corrected chi connectivity index (χ2v) is 13.9. The Balaban J connectivity index is 3.90. The molecule has 0 amide bonds. The Hall–Kier alpha value is 0. The van der Waals surface area contributed by atoms with E-state index in [9.17, 15) is 0 Å². The molecule has 0 heterocycles. The lowest BCUT2D eigenvalue weighted by Crippen LogP contribution is -2.12. The molecule has 0 fully saturated rings. The van der Waals surface area contributed by atoms with E-state index in [1.807, 2.05) is 0 Å². The van der Waals surface area contributed by atoms with Crippen molar-refractivity contribution in [2.75, 3.05) is 0 Å². The molecule has 0 rings (SSSR count). The summed E-state index contributed by atoms with van der Waals surface area (Å²) in [5.41, 5.74) is 0. The van der Waals surface area contributed by atoms with Gasteiger partial charge in [-0.2, -0.15) is 0 Å². The van der Waals surface area contributed by atoms with Gasteiger partial charge in [-0.1, -0.05) is 121 Å². The van der Waals surface area contributed by atoms with E-state index < -0.39 is 0 Å². The molecule has 0 saturated carbocycles. The maximum Gasteiger partial charge on any atom is -0.0438 e. The number of hydrogen-bond acceptors (Lipinski definition) is 0. The molecular formula is C33H68. The predicted molar refractivity (Wildman–Crippen MR) is 154 cm³/mol. The summed E-state index contributed by atoms with van der Waals surface area (Å²) in [4.78, 5) is 0. The van der Waals surface area contributed by atoms with Crippen molar-refractivity contribution in [1.29, 1.82) is 0 Å². The minimum absolute atomic E-state index is 0.851. The van der Waals surface area contributed by atoms with Crippen LogP contribution in [0.3, 0.4) is 0 Å². The first-order chi connectivity index (χ1) is 15.4. The van der Waals surface area contributed by atoms with Crippen LogP contribution >= 0.6 is 0 Å². The molecule has 0 aromatic carbocycles. The lowest BCUT2D eigenvalue weighted by Gasteiger charge is -2.24. The second kappa shape index (κ2) is 19.2. The van der Waals surface area contributed by atoms with Gasteiger partial charge in [-0.15, -0.1) is 0 Å². The molecule has 0 aliphatic heterocycles. The third-order valence-electron chi connectivity index (χ3n) is 8.38. The summed E-state index contributed by atoms with van der Waals surface area (Å²) in [5.74, 6) is 8.06. The van der Waals surface area contributed by atoms with Gasteiger partial charge in [0.1, 0.15) is 0 Å². The van der Waals surface area contributed by atoms with Crippen LogP contribution in [0.2, 0.25) is 0 Å². The largest absolute Gasteiger partial charge is 0.0651 e. The summed E-state index contributed by atoms with van der Waals surface area (Å²) < 4.78 is 0. The van der Waals surface area contributed by atoms with Crippen LogP contribution in [0.15, 0.2) is 0 Å². The highest BCUT2D eigenvalue weighted by Crippen LogP contribution is 2.29. The van der Waals surface area contributed by atoms with Gasteiger partial charge in [0.25, 0.3) is 0 Å². The van der Waals surface area contributed by atoms with E-state index in [1.54, 1.807) is 0 Å². The molecule has 8 unspecified atom stereocenters. The van der Waals surface area contributed by atoms with E-state index in [-0.39, 0.29) is 0 Å². The molecule has 0 saturated heterocycles. The van der Waals surface area contributed by atoms with Gasteiger partial charge in [-0.05, 0) is 91.8 Å². The summed E-state index contributed by atoms with van der Waals surface area (Å²) in [6.45, 7) is 26.9. The first-order valence-corrected chi connectivity index (χ1v) is 15.4. The fourth-order valence-corrected chi connectivity index (χ4v) is 6.80. The average molecular weight is 465 g/mol. The molecule has 0 spiro atoms. The van der Waals surface area contributed by atoms with E-state index in [0.29, 0.717) is 0 Å². The molecule has 33 heavy (non-hydrogen) atoms. The van der Waals surface area contributed by atoms with E-state index in [0.717, 1.165) is 53.3 Å². The lowest BCUT2D eigenvalue weighted by molar-refractivity contribution is 0.277. The molecule has 0 aromatic heterocycles. The van der Waals surface area contributed by atoms with Crippen molar-refractivity contribution >= 4 is 0 Å². The zero-order chi connectivity index (χ0) is 25.4. The Morgan fingerprint density at radius 3 is 1.00 bits per heavy atom. The van der Waals surface area contributed by atoms with Crippen LogP contribution in [-0.2, 0) is 0 Å². The van der Waals surface area contributed by atoms with Gasteiger partial charge in [0.05, 0.1) is 0 Å². The molecule has 200 valence electrons. The Morgan fingerprint density at radius 1 is 0.333 bits per heavy atom. The van der Waals surface area contributed by atoms with Crippen LogP contribution in [0.4, 0.5) is 0 Å². The zero-order valence-corrected chi connectivity index (χ0v) is 25.4. The lowest BCUT2D eigenvalue weighted by atomic mass is 9.82. The molecule has 0 aliphatic rings. The highest BCUT2D eigenvalue weighted by molar-refractivity contribution is 4.68. The minimum atomic E-state index is 0.851. The van der Waals surface area contributed by atoms with Crippen molar-refractivity contribution in [1.82, 2.24) is 0 Å². The summed E-state index contributed by atoms with van der Waals surface area (Å²) >= 11 is 0. The van der Waals surface area contributed by atoms with Crippen molar-refractivity contribution in [3.05, 3.63) is 0 Å². The molecule has 0 bridgehead atoms. The maximum atomic E-state index is 2.51. The number of rotatable bonds is 21. The summed E-state index contributed by atoms with van der Waals surface area (Å²) in [6, 6.07) is 0. The Labute approximate surface area is 212 Å². The van der Waals surface area contributed by atoms with Gasteiger partial charge in [-0.25, -0.2) is 0 Å². The second-order valence-electron chi connectivity index (χ2n) is 13.9. The van der Waals surface area contributed by atoms with Gasteiger partial charge in [0.15, 0.2) is 0 Å². The highest BCUT2D eigenvalue weighted by Gasteiger charge is 2.17. The van der Waals surface area contributed by atoms with Gasteiger partial charge < -0.3 is 0 Å². The fourth-order valence-electron chi connectivity index (χ4n) is 6.80. The maximum absolute atomic E-state index is 2.51. The molecular weight excluding hydrogens is 396 g/mol. The van der Waals surface area contributed by atoms with Crippen LogP contribution in [0, 0.1) is 53.3 Å². The normalized spacial score (nSPS) is 19.6. The fraction of sp³-hybridized carbons (Fsp3) is 1.00. The highest BCUT2D eigenvalue weighted by atomic mass is 14.2. The minimum Gasteiger partial charge on any atom is -0.0651 e. The van der Waals surface area contributed by atoms with Crippen molar-refractivity contribution < 1.29 is 0 Å². The molecule has 0 aliphatic carbocycles. The van der Waals surface area contributed by atoms with E-state index >= 15 is 0 Å². The van der Waals surface area contributed by atoms with Crippen molar-refractivity contribution in [3.8, 4) is 0 Å². The molecule has 0 N–H and O–H groups in total. The van der Waals surface area contributed by atoms with Crippen molar-refractivity contribution in [2.24, 2.45) is 53.3 Å².